The van der Waals surface area contributed by atoms with Gasteiger partial charge in [0.05, 0.1) is 7.11 Å². The molecule has 0 spiro atoms. The van der Waals surface area contributed by atoms with E-state index in [0.29, 0.717) is 11.3 Å². The monoisotopic (exact) mass is 277 g/mol. The molecule has 20 heavy (non-hydrogen) atoms. The Morgan fingerprint density at radius 1 is 1.10 bits per heavy atom. The number of ether oxygens (including phenoxy) is 1. The summed E-state index contributed by atoms with van der Waals surface area (Å²) in [6.07, 6.45) is 0. The van der Waals surface area contributed by atoms with Crippen LogP contribution >= 0.6 is 0 Å². The van der Waals surface area contributed by atoms with Gasteiger partial charge in [-0.15, -0.1) is 0 Å². The van der Waals surface area contributed by atoms with E-state index in [1.165, 1.54) is 19.2 Å². The van der Waals surface area contributed by atoms with Gasteiger partial charge in [0.15, 0.2) is 11.6 Å². The number of hydrogen-bond acceptors (Lipinski definition) is 4. The SMILES string of the molecule is COc1cc(NC(C)c2cc(O)cc(O)c2)ccc1F. The van der Waals surface area contributed by atoms with Crippen molar-refractivity contribution in [1.29, 1.82) is 0 Å². The molecule has 5 heteroatoms. The van der Waals surface area contributed by atoms with Gasteiger partial charge in [-0.2, -0.15) is 0 Å². The lowest BCUT2D eigenvalue weighted by molar-refractivity contribution is 0.387. The van der Waals surface area contributed by atoms with Gasteiger partial charge in [0, 0.05) is 23.9 Å². The highest BCUT2D eigenvalue weighted by molar-refractivity contribution is 5.51. The van der Waals surface area contributed by atoms with Gasteiger partial charge in [-0.05, 0) is 36.8 Å². The van der Waals surface area contributed by atoms with Gasteiger partial charge >= 0.3 is 0 Å². The van der Waals surface area contributed by atoms with Gasteiger partial charge in [-0.3, -0.25) is 0 Å². The lowest BCUT2D eigenvalue weighted by Crippen LogP contribution is -2.06. The van der Waals surface area contributed by atoms with E-state index >= 15 is 0 Å². The first-order valence-electron chi connectivity index (χ1n) is 6.12. The molecule has 0 aromatic heterocycles. The third kappa shape index (κ3) is 3.12. The summed E-state index contributed by atoms with van der Waals surface area (Å²) in [6, 6.07) is 8.65. The molecule has 0 aliphatic heterocycles. The largest absolute Gasteiger partial charge is 0.508 e. The van der Waals surface area contributed by atoms with E-state index in [2.05, 4.69) is 5.32 Å². The predicted octanol–water partition coefficient (Wildman–Crippen LogP) is 3.42. The van der Waals surface area contributed by atoms with Crippen molar-refractivity contribution < 1.29 is 19.3 Å². The number of rotatable bonds is 4. The molecule has 0 radical (unpaired) electrons. The number of halogens is 1. The van der Waals surface area contributed by atoms with Crippen molar-refractivity contribution in [2.75, 3.05) is 12.4 Å². The van der Waals surface area contributed by atoms with Gasteiger partial charge in [0.2, 0.25) is 0 Å². The average Bonchev–Trinajstić information content (AvgIpc) is 2.39. The fraction of sp³-hybridized carbons (Fsp3) is 0.200. The van der Waals surface area contributed by atoms with Crippen LogP contribution in [0.15, 0.2) is 36.4 Å². The minimum atomic E-state index is -0.430. The first kappa shape index (κ1) is 14.0. The summed E-state index contributed by atoms with van der Waals surface area (Å²) in [5.41, 5.74) is 1.39. The van der Waals surface area contributed by atoms with Crippen molar-refractivity contribution >= 4 is 5.69 Å². The topological polar surface area (TPSA) is 61.7 Å². The average molecular weight is 277 g/mol. The Kier molecular flexibility index (Phi) is 3.98. The molecule has 0 fully saturated rings. The normalized spacial score (nSPS) is 11.9. The van der Waals surface area contributed by atoms with Crippen LogP contribution in [0.2, 0.25) is 0 Å². The Hall–Kier alpha value is -2.43. The number of nitrogens with one attached hydrogen (secondary N) is 1. The standard InChI is InChI=1S/C15H16FNO3/c1-9(10-5-12(18)8-13(19)6-10)17-11-3-4-14(16)15(7-11)20-2/h3-9,17-19H,1-2H3. The second-order valence-corrected chi connectivity index (χ2v) is 4.50. The molecule has 0 heterocycles. The first-order valence-corrected chi connectivity index (χ1v) is 6.12. The maximum absolute atomic E-state index is 13.3. The minimum absolute atomic E-state index is 0.00895. The van der Waals surface area contributed by atoms with Gasteiger partial charge < -0.3 is 20.3 Å². The first-order chi connectivity index (χ1) is 9.49. The number of phenolic OH excluding ortho intramolecular Hbond substituents is 2. The van der Waals surface area contributed by atoms with Crippen LogP contribution in [0.25, 0.3) is 0 Å². The highest BCUT2D eigenvalue weighted by Gasteiger charge is 2.10. The van der Waals surface area contributed by atoms with Gasteiger partial charge in [-0.25, -0.2) is 4.39 Å². The van der Waals surface area contributed by atoms with Crippen LogP contribution in [0.4, 0.5) is 10.1 Å². The lowest BCUT2D eigenvalue weighted by atomic mass is 10.1. The zero-order chi connectivity index (χ0) is 14.7. The smallest absolute Gasteiger partial charge is 0.165 e. The van der Waals surface area contributed by atoms with Crippen LogP contribution in [-0.4, -0.2) is 17.3 Å². The molecular formula is C15H16FNO3. The highest BCUT2D eigenvalue weighted by Crippen LogP contribution is 2.28. The van der Waals surface area contributed by atoms with E-state index in [9.17, 15) is 14.6 Å². The van der Waals surface area contributed by atoms with Crippen LogP contribution in [0, 0.1) is 5.82 Å². The van der Waals surface area contributed by atoms with Crippen molar-refractivity contribution in [1.82, 2.24) is 0 Å². The highest BCUT2D eigenvalue weighted by atomic mass is 19.1. The quantitative estimate of drug-likeness (QED) is 0.801. The molecule has 0 saturated heterocycles. The molecule has 0 aliphatic rings. The summed E-state index contributed by atoms with van der Waals surface area (Å²) in [4.78, 5) is 0. The molecule has 1 unspecified atom stereocenters. The summed E-state index contributed by atoms with van der Waals surface area (Å²) in [7, 11) is 1.40. The second-order valence-electron chi connectivity index (χ2n) is 4.50. The van der Waals surface area contributed by atoms with E-state index in [1.807, 2.05) is 6.92 Å². The number of anilines is 1. The third-order valence-electron chi connectivity index (χ3n) is 2.96. The van der Waals surface area contributed by atoms with Crippen molar-refractivity contribution in [3.8, 4) is 17.2 Å². The van der Waals surface area contributed by atoms with E-state index in [-0.39, 0.29) is 23.3 Å². The minimum Gasteiger partial charge on any atom is -0.508 e. The summed E-state index contributed by atoms with van der Waals surface area (Å²) in [5, 5.41) is 22.1. The van der Waals surface area contributed by atoms with Gasteiger partial charge in [0.25, 0.3) is 0 Å². The summed E-state index contributed by atoms with van der Waals surface area (Å²) in [6.45, 7) is 1.87. The van der Waals surface area contributed by atoms with E-state index in [4.69, 9.17) is 4.74 Å². The molecule has 106 valence electrons. The zero-order valence-corrected chi connectivity index (χ0v) is 11.2. The predicted molar refractivity (Wildman–Crippen MR) is 74.8 cm³/mol. The number of benzene rings is 2. The van der Waals surface area contributed by atoms with Crippen LogP contribution in [0.1, 0.15) is 18.5 Å². The third-order valence-corrected chi connectivity index (χ3v) is 2.96. The molecule has 1 atom stereocenters. The summed E-state index contributed by atoms with van der Waals surface area (Å²) in [5.74, 6) is -0.294. The Balaban J connectivity index is 2.20. The molecule has 0 aliphatic carbocycles. The van der Waals surface area contributed by atoms with Gasteiger partial charge in [-0.1, -0.05) is 0 Å². The van der Waals surface area contributed by atoms with Crippen LogP contribution in [0.3, 0.4) is 0 Å². The Morgan fingerprint density at radius 3 is 2.35 bits per heavy atom. The van der Waals surface area contributed by atoms with Gasteiger partial charge in [0.1, 0.15) is 11.5 Å². The van der Waals surface area contributed by atoms with Crippen molar-refractivity contribution in [2.45, 2.75) is 13.0 Å². The zero-order valence-electron chi connectivity index (χ0n) is 11.2. The number of aromatic hydroxyl groups is 2. The molecule has 0 amide bonds. The van der Waals surface area contributed by atoms with Crippen molar-refractivity contribution in [3.63, 3.8) is 0 Å². The van der Waals surface area contributed by atoms with Crippen LogP contribution < -0.4 is 10.1 Å². The number of hydrogen-bond donors (Lipinski definition) is 3. The lowest BCUT2D eigenvalue weighted by Gasteiger charge is -2.17. The second kappa shape index (κ2) is 5.69. The molecule has 0 saturated carbocycles. The number of phenols is 2. The molecule has 0 bridgehead atoms. The Labute approximate surface area is 116 Å². The molecule has 2 aromatic carbocycles. The van der Waals surface area contributed by atoms with E-state index < -0.39 is 5.82 Å². The van der Waals surface area contributed by atoms with Crippen molar-refractivity contribution in [3.05, 3.63) is 47.8 Å². The number of methoxy groups -OCH3 is 1. The Bertz CT molecular complexity index is 596. The maximum Gasteiger partial charge on any atom is 0.165 e. The molecule has 3 N–H and O–H groups in total. The molecule has 2 aromatic rings. The fourth-order valence-corrected chi connectivity index (χ4v) is 1.95. The summed E-state index contributed by atoms with van der Waals surface area (Å²) < 4.78 is 18.2. The molecule has 2 rings (SSSR count). The van der Waals surface area contributed by atoms with Crippen LogP contribution in [0.5, 0.6) is 17.2 Å². The van der Waals surface area contributed by atoms with Crippen molar-refractivity contribution in [2.24, 2.45) is 0 Å². The molecular weight excluding hydrogens is 261 g/mol. The maximum atomic E-state index is 13.3. The van der Waals surface area contributed by atoms with Crippen LogP contribution in [-0.2, 0) is 0 Å². The Morgan fingerprint density at radius 2 is 1.75 bits per heavy atom. The summed E-state index contributed by atoms with van der Waals surface area (Å²) >= 11 is 0. The fourth-order valence-electron chi connectivity index (χ4n) is 1.95. The molecule has 4 nitrogen and oxygen atoms in total. The van der Waals surface area contributed by atoms with E-state index in [1.54, 1.807) is 24.3 Å². The van der Waals surface area contributed by atoms with E-state index in [0.717, 1.165) is 0 Å².